The molecule has 2 atom stereocenters. The summed E-state index contributed by atoms with van der Waals surface area (Å²) >= 11 is 3.79. The van der Waals surface area contributed by atoms with Gasteiger partial charge in [0.1, 0.15) is 0 Å². The zero-order valence-corrected chi connectivity index (χ0v) is 24.7. The van der Waals surface area contributed by atoms with Gasteiger partial charge in [-0.25, -0.2) is 9.97 Å². The summed E-state index contributed by atoms with van der Waals surface area (Å²) in [5.74, 6) is 1.53. The van der Waals surface area contributed by atoms with Crippen molar-refractivity contribution in [2.45, 2.75) is 58.8 Å². The van der Waals surface area contributed by atoms with Gasteiger partial charge in [0.25, 0.3) is 0 Å². The number of benzene rings is 2. The van der Waals surface area contributed by atoms with Crippen molar-refractivity contribution < 1.29 is 0 Å². The molecule has 2 aliphatic rings. The number of nitrogens with zero attached hydrogens (tertiary/aromatic N) is 3. The normalized spacial score (nSPS) is 19.7. The lowest BCUT2D eigenvalue weighted by Gasteiger charge is -2.30. The Bertz CT molecular complexity index is 1340. The van der Waals surface area contributed by atoms with Crippen molar-refractivity contribution in [3.05, 3.63) is 93.1 Å². The van der Waals surface area contributed by atoms with Gasteiger partial charge in [-0.3, -0.25) is 0 Å². The van der Waals surface area contributed by atoms with Crippen LogP contribution in [0.5, 0.6) is 0 Å². The van der Waals surface area contributed by atoms with E-state index in [9.17, 15) is 0 Å². The number of nitrogens with one attached hydrogen (secondary N) is 1. The second-order valence-electron chi connectivity index (χ2n) is 10.9. The minimum Gasteiger partial charge on any atom is -0.324 e. The first-order valence-electron chi connectivity index (χ1n) is 14.0. The lowest BCUT2D eigenvalue weighted by atomic mass is 9.75. The van der Waals surface area contributed by atoms with E-state index in [-0.39, 0.29) is 0 Å². The third kappa shape index (κ3) is 5.79. The number of fused-ring (bicyclic) bond motifs is 3. The first kappa shape index (κ1) is 26.8. The minimum atomic E-state index is 0.335. The number of halogens is 1. The highest BCUT2D eigenvalue weighted by Crippen LogP contribution is 2.48. The Kier molecular flexibility index (Phi) is 8.45. The first-order valence-corrected chi connectivity index (χ1v) is 14.8. The van der Waals surface area contributed by atoms with Crippen LogP contribution in [0.4, 0.5) is 11.6 Å². The third-order valence-corrected chi connectivity index (χ3v) is 8.43. The lowest BCUT2D eigenvalue weighted by molar-refractivity contribution is 0.332. The second-order valence-corrected chi connectivity index (χ2v) is 12.1. The molecule has 0 saturated carbocycles. The molecule has 3 aromatic rings. The molecule has 0 radical (unpaired) electrons. The van der Waals surface area contributed by atoms with E-state index in [0.29, 0.717) is 17.8 Å². The number of hydrogen-bond donors (Lipinski definition) is 1. The fourth-order valence-corrected chi connectivity index (χ4v) is 6.52. The molecule has 38 heavy (non-hydrogen) atoms. The van der Waals surface area contributed by atoms with E-state index in [1.807, 2.05) is 6.20 Å². The average Bonchev–Trinajstić information content (AvgIpc) is 3.32. The molecule has 5 heteroatoms. The van der Waals surface area contributed by atoms with Crippen LogP contribution in [0.3, 0.4) is 0 Å². The van der Waals surface area contributed by atoms with Crippen molar-refractivity contribution in [1.82, 2.24) is 14.9 Å². The zero-order chi connectivity index (χ0) is 26.6. The Labute approximate surface area is 236 Å². The van der Waals surface area contributed by atoms with Crippen LogP contribution in [0.15, 0.2) is 76.4 Å². The summed E-state index contributed by atoms with van der Waals surface area (Å²) in [6, 6.07) is 17.5. The van der Waals surface area contributed by atoms with Gasteiger partial charge >= 0.3 is 0 Å². The van der Waals surface area contributed by atoms with Crippen LogP contribution in [0.25, 0.3) is 11.3 Å². The van der Waals surface area contributed by atoms with E-state index < -0.39 is 0 Å². The van der Waals surface area contributed by atoms with Crippen LogP contribution < -0.4 is 5.32 Å². The third-order valence-electron chi connectivity index (χ3n) is 8.01. The largest absolute Gasteiger partial charge is 0.324 e. The summed E-state index contributed by atoms with van der Waals surface area (Å²) in [5.41, 5.74) is 10.1. The summed E-state index contributed by atoms with van der Waals surface area (Å²) < 4.78 is 1.25. The van der Waals surface area contributed by atoms with E-state index in [1.165, 1.54) is 57.3 Å². The van der Waals surface area contributed by atoms with Gasteiger partial charge in [0, 0.05) is 29.9 Å². The van der Waals surface area contributed by atoms with Crippen LogP contribution in [0, 0.1) is 5.92 Å². The Morgan fingerprint density at radius 2 is 1.89 bits per heavy atom. The Hall–Kier alpha value is -2.76. The van der Waals surface area contributed by atoms with Gasteiger partial charge in [-0.15, -0.1) is 0 Å². The van der Waals surface area contributed by atoms with Crippen molar-refractivity contribution in [3.63, 3.8) is 0 Å². The van der Waals surface area contributed by atoms with Crippen molar-refractivity contribution >= 4 is 27.6 Å². The molecule has 1 N–H and O–H groups in total. The lowest BCUT2D eigenvalue weighted by Crippen LogP contribution is -2.22. The van der Waals surface area contributed by atoms with Crippen LogP contribution >= 0.6 is 15.9 Å². The molecule has 0 saturated heterocycles. The van der Waals surface area contributed by atoms with Crippen LogP contribution in [0.2, 0.25) is 0 Å². The van der Waals surface area contributed by atoms with E-state index in [4.69, 9.17) is 9.97 Å². The Balaban J connectivity index is 1.33. The molecule has 2 aliphatic carbocycles. The molecule has 198 valence electrons. The summed E-state index contributed by atoms with van der Waals surface area (Å²) in [6.07, 6.45) is 10.1. The van der Waals surface area contributed by atoms with Crippen LogP contribution in [-0.4, -0.2) is 35.0 Å². The fourth-order valence-electron chi connectivity index (χ4n) is 5.90. The molecule has 0 aliphatic heterocycles. The quantitative estimate of drug-likeness (QED) is 0.280. The monoisotopic (exact) mass is 570 g/mol. The Morgan fingerprint density at radius 1 is 1.11 bits per heavy atom. The highest BCUT2D eigenvalue weighted by atomic mass is 79.9. The standard InChI is InChI=1S/C33H39BrN4/c1-5-6-18-38(4)19-17-24-12-14-26(15-13-24)36-33-35-21-25-20-30(28-16-11-22(2)31(28)23(3)34)27-9-7-8-10-29(27)32(25)37-33/h7-10,12-16,21-22,30H,5-6,11,17-20H2,1-4H3,(H,35,36,37)/b31-23-/t22-,30?/m1/s1. The molecule has 2 aromatic carbocycles. The summed E-state index contributed by atoms with van der Waals surface area (Å²) in [6.45, 7) is 9.00. The highest BCUT2D eigenvalue weighted by molar-refractivity contribution is 9.11. The molecule has 0 amide bonds. The molecule has 1 aromatic heterocycles. The van der Waals surface area contributed by atoms with Crippen molar-refractivity contribution in [3.8, 4) is 11.3 Å². The van der Waals surface area contributed by atoms with Crippen molar-refractivity contribution in [2.24, 2.45) is 5.92 Å². The number of likely N-dealkylation sites (N-methyl/N-ethyl adjacent to an activating group) is 1. The van der Waals surface area contributed by atoms with Crippen molar-refractivity contribution in [2.75, 3.05) is 25.5 Å². The summed E-state index contributed by atoms with van der Waals surface area (Å²) in [7, 11) is 2.21. The van der Waals surface area contributed by atoms with Gasteiger partial charge in [-0.2, -0.15) is 0 Å². The maximum atomic E-state index is 5.02. The Morgan fingerprint density at radius 3 is 2.66 bits per heavy atom. The van der Waals surface area contributed by atoms with Gasteiger partial charge in [0.15, 0.2) is 0 Å². The van der Waals surface area contributed by atoms with Crippen molar-refractivity contribution in [1.29, 1.82) is 0 Å². The topological polar surface area (TPSA) is 41.0 Å². The predicted octanol–water partition coefficient (Wildman–Crippen LogP) is 8.44. The summed E-state index contributed by atoms with van der Waals surface area (Å²) in [5, 5.41) is 3.44. The smallest absolute Gasteiger partial charge is 0.227 e. The maximum absolute atomic E-state index is 5.02. The number of aromatic nitrogens is 2. The zero-order valence-electron chi connectivity index (χ0n) is 23.1. The van der Waals surface area contributed by atoms with E-state index in [0.717, 1.165) is 37.2 Å². The first-order chi connectivity index (χ1) is 18.4. The summed E-state index contributed by atoms with van der Waals surface area (Å²) in [4.78, 5) is 12.2. The van der Waals surface area contributed by atoms with Gasteiger partial charge in [-0.1, -0.05) is 78.7 Å². The van der Waals surface area contributed by atoms with Crippen LogP contribution in [-0.2, 0) is 12.8 Å². The van der Waals surface area contributed by atoms with Gasteiger partial charge in [0.2, 0.25) is 5.95 Å². The highest BCUT2D eigenvalue weighted by Gasteiger charge is 2.33. The van der Waals surface area contributed by atoms with Crippen LogP contribution in [0.1, 0.15) is 62.6 Å². The number of anilines is 2. The second kappa shape index (κ2) is 12.0. The molecule has 1 heterocycles. The predicted molar refractivity (Wildman–Crippen MR) is 163 cm³/mol. The van der Waals surface area contributed by atoms with Gasteiger partial charge in [-0.05, 0) is 96.6 Å². The minimum absolute atomic E-state index is 0.335. The van der Waals surface area contributed by atoms with Gasteiger partial charge in [0.05, 0.1) is 5.69 Å². The van der Waals surface area contributed by atoms with E-state index in [2.05, 4.69) is 109 Å². The molecule has 0 spiro atoms. The average molecular weight is 572 g/mol. The molecular weight excluding hydrogens is 532 g/mol. The van der Waals surface area contributed by atoms with Gasteiger partial charge < -0.3 is 10.2 Å². The SMILES string of the molecule is CCCCN(C)CCc1ccc(Nc2ncc3c(n2)-c2ccccc2C(C2=CC[C@@H](C)/C2=C(\C)Br)C3)cc1. The number of hydrogen-bond acceptors (Lipinski definition) is 4. The number of unbranched alkanes of at least 4 members (excludes halogenated alkanes) is 1. The fraction of sp³-hybridized carbons (Fsp3) is 0.394. The maximum Gasteiger partial charge on any atom is 0.227 e. The van der Waals surface area contributed by atoms with E-state index in [1.54, 1.807) is 0 Å². The molecular formula is C33H39BrN4. The van der Waals surface area contributed by atoms with E-state index >= 15 is 0 Å². The molecule has 4 nitrogen and oxygen atoms in total. The number of allylic oxidation sites excluding steroid dienone is 4. The number of rotatable bonds is 9. The molecule has 0 fully saturated rings. The molecule has 1 unspecified atom stereocenters. The molecule has 5 rings (SSSR count). The molecule has 0 bridgehead atoms.